The summed E-state index contributed by atoms with van der Waals surface area (Å²) in [6.45, 7) is 7.48. The quantitative estimate of drug-likeness (QED) is 0.580. The maximum Gasteiger partial charge on any atom is 0.330 e. The highest BCUT2D eigenvalue weighted by Crippen LogP contribution is 2.27. The molecule has 0 aliphatic carbocycles. The van der Waals surface area contributed by atoms with Crippen molar-refractivity contribution in [2.75, 3.05) is 17.2 Å². The minimum Gasteiger partial charge on any atom is -0.383 e. The smallest absolute Gasteiger partial charge is 0.330 e. The Morgan fingerprint density at radius 3 is 2.15 bits per heavy atom. The van der Waals surface area contributed by atoms with Crippen LogP contribution in [0, 0.1) is 5.92 Å². The number of benzene rings is 1. The number of carbonyl (C=O) groups is 3. The first-order valence-corrected chi connectivity index (χ1v) is 11.0. The van der Waals surface area contributed by atoms with Gasteiger partial charge < -0.3 is 10.6 Å². The summed E-state index contributed by atoms with van der Waals surface area (Å²) in [6, 6.07) is 5.16. The zero-order valence-corrected chi connectivity index (χ0v) is 19.3. The number of nitrogen functional groups attached to an aromatic ring is 1. The van der Waals surface area contributed by atoms with Crippen molar-refractivity contribution in [3.8, 4) is 0 Å². The van der Waals surface area contributed by atoms with E-state index in [0.29, 0.717) is 6.42 Å². The number of carbonyl (C=O) groups excluding carboxylic acids is 3. The number of rotatable bonds is 8. The van der Waals surface area contributed by atoms with Crippen LogP contribution in [0.15, 0.2) is 33.9 Å². The van der Waals surface area contributed by atoms with Gasteiger partial charge in [0, 0.05) is 13.1 Å². The molecule has 2 aromatic rings. The molecule has 1 aromatic carbocycles. The molecule has 0 radical (unpaired) electrons. The first-order valence-electron chi connectivity index (χ1n) is 11.0. The predicted octanol–water partition coefficient (Wildman–Crippen LogP) is 1.59. The third-order valence-corrected chi connectivity index (χ3v) is 5.60. The van der Waals surface area contributed by atoms with Gasteiger partial charge in [-0.05, 0) is 31.4 Å². The summed E-state index contributed by atoms with van der Waals surface area (Å²) >= 11 is 0. The Morgan fingerprint density at radius 2 is 1.64 bits per heavy atom. The van der Waals surface area contributed by atoms with Crippen molar-refractivity contribution in [3.63, 3.8) is 0 Å². The summed E-state index contributed by atoms with van der Waals surface area (Å²) in [7, 11) is 0. The molecule has 0 saturated carbocycles. The molecule has 3 amide bonds. The molecule has 1 aromatic heterocycles. The van der Waals surface area contributed by atoms with Gasteiger partial charge in [-0.1, -0.05) is 39.3 Å². The second-order valence-corrected chi connectivity index (χ2v) is 8.54. The third kappa shape index (κ3) is 4.33. The van der Waals surface area contributed by atoms with Crippen molar-refractivity contribution >= 4 is 29.2 Å². The molecule has 10 heteroatoms. The van der Waals surface area contributed by atoms with E-state index in [4.69, 9.17) is 5.73 Å². The fourth-order valence-electron chi connectivity index (χ4n) is 3.93. The molecular weight excluding hydrogens is 426 g/mol. The van der Waals surface area contributed by atoms with Gasteiger partial charge in [0.1, 0.15) is 11.9 Å². The van der Waals surface area contributed by atoms with Gasteiger partial charge in [0.25, 0.3) is 17.4 Å². The summed E-state index contributed by atoms with van der Waals surface area (Å²) in [5.74, 6) is -1.98. The SMILES string of the molecule is CCCCn1c(N)c(N(CC(C)C)C(=O)[C@@H](C)N2C(=O)c3ccccc3C2=O)c(=O)[nH]c1=O. The molecule has 10 nitrogen and oxygen atoms in total. The molecule has 0 saturated heterocycles. The number of anilines is 2. The molecule has 0 unspecified atom stereocenters. The van der Waals surface area contributed by atoms with Crippen LogP contribution >= 0.6 is 0 Å². The van der Waals surface area contributed by atoms with Crippen LogP contribution in [0.25, 0.3) is 0 Å². The van der Waals surface area contributed by atoms with Crippen molar-refractivity contribution < 1.29 is 14.4 Å². The summed E-state index contributed by atoms with van der Waals surface area (Å²) < 4.78 is 1.23. The third-order valence-electron chi connectivity index (χ3n) is 5.60. The largest absolute Gasteiger partial charge is 0.383 e. The highest BCUT2D eigenvalue weighted by molar-refractivity contribution is 6.23. The Hall–Kier alpha value is -3.69. The lowest BCUT2D eigenvalue weighted by molar-refractivity contribution is -0.122. The van der Waals surface area contributed by atoms with Crippen molar-refractivity contribution in [2.24, 2.45) is 5.92 Å². The van der Waals surface area contributed by atoms with Gasteiger partial charge in [0.05, 0.1) is 11.1 Å². The summed E-state index contributed by atoms with van der Waals surface area (Å²) in [4.78, 5) is 68.8. The number of amides is 3. The Bertz CT molecular complexity index is 1180. The van der Waals surface area contributed by atoms with E-state index in [1.807, 2.05) is 20.8 Å². The molecule has 0 spiro atoms. The maximum atomic E-state index is 13.6. The maximum absolute atomic E-state index is 13.6. The van der Waals surface area contributed by atoms with E-state index in [9.17, 15) is 24.0 Å². The number of hydrogen-bond acceptors (Lipinski definition) is 6. The molecule has 2 heterocycles. The number of unbranched alkanes of at least 4 members (excludes halogenated alkanes) is 1. The normalized spacial score (nSPS) is 14.0. The number of aromatic nitrogens is 2. The van der Waals surface area contributed by atoms with E-state index < -0.39 is 35.0 Å². The lowest BCUT2D eigenvalue weighted by atomic mass is 10.1. The zero-order chi connectivity index (χ0) is 24.4. The van der Waals surface area contributed by atoms with Gasteiger partial charge in [0.2, 0.25) is 5.91 Å². The monoisotopic (exact) mass is 455 g/mol. The van der Waals surface area contributed by atoms with Gasteiger partial charge in [-0.15, -0.1) is 0 Å². The van der Waals surface area contributed by atoms with Crippen LogP contribution in [0.2, 0.25) is 0 Å². The molecular formula is C23H29N5O5. The number of imide groups is 1. The minimum atomic E-state index is -1.19. The van der Waals surface area contributed by atoms with Gasteiger partial charge in [0.15, 0.2) is 5.69 Å². The molecule has 33 heavy (non-hydrogen) atoms. The Balaban J connectivity index is 2.05. The number of nitrogens with zero attached hydrogens (tertiary/aromatic N) is 3. The van der Waals surface area contributed by atoms with Gasteiger partial charge in [-0.2, -0.15) is 0 Å². The number of fused-ring (bicyclic) bond motifs is 1. The Labute approximate surface area is 191 Å². The van der Waals surface area contributed by atoms with Gasteiger partial charge in [-0.3, -0.25) is 33.6 Å². The van der Waals surface area contributed by atoms with Crippen LogP contribution in [-0.4, -0.2) is 44.8 Å². The van der Waals surface area contributed by atoms with Crippen LogP contribution in [0.3, 0.4) is 0 Å². The molecule has 1 atom stereocenters. The molecule has 1 aliphatic heterocycles. The molecule has 1 aliphatic rings. The Morgan fingerprint density at radius 1 is 1.06 bits per heavy atom. The lowest BCUT2D eigenvalue weighted by Gasteiger charge is -2.31. The highest BCUT2D eigenvalue weighted by atomic mass is 16.2. The topological polar surface area (TPSA) is 139 Å². The second-order valence-electron chi connectivity index (χ2n) is 8.54. The second kappa shape index (κ2) is 9.43. The fraction of sp³-hybridized carbons (Fsp3) is 0.435. The zero-order valence-electron chi connectivity index (χ0n) is 19.3. The van der Waals surface area contributed by atoms with E-state index in [0.717, 1.165) is 11.3 Å². The van der Waals surface area contributed by atoms with Crippen molar-refractivity contribution in [1.82, 2.24) is 14.5 Å². The molecule has 0 bridgehead atoms. The standard InChI is InChI=1S/C23H29N5O5/c1-5-6-11-26-18(24)17(19(29)25-23(26)33)27(12-13(2)3)20(30)14(4)28-21(31)15-9-7-8-10-16(15)22(28)32/h7-10,13-14H,5-6,11-12,24H2,1-4H3,(H,25,29,33)/t14-/m1/s1. The fourth-order valence-corrected chi connectivity index (χ4v) is 3.93. The average Bonchev–Trinajstić information content (AvgIpc) is 3.02. The number of H-pyrrole nitrogens is 1. The van der Waals surface area contributed by atoms with Crippen LogP contribution in [-0.2, 0) is 11.3 Å². The number of nitrogens with one attached hydrogen (secondary N) is 1. The first-order chi connectivity index (χ1) is 15.6. The Kier molecular flexibility index (Phi) is 6.85. The average molecular weight is 456 g/mol. The number of aromatic amines is 1. The number of hydrogen-bond donors (Lipinski definition) is 2. The summed E-state index contributed by atoms with van der Waals surface area (Å²) in [5, 5.41) is 0. The molecule has 3 rings (SSSR count). The van der Waals surface area contributed by atoms with E-state index in [2.05, 4.69) is 4.98 Å². The van der Waals surface area contributed by atoms with E-state index >= 15 is 0 Å². The van der Waals surface area contributed by atoms with Crippen molar-refractivity contribution in [3.05, 3.63) is 56.2 Å². The summed E-state index contributed by atoms with van der Waals surface area (Å²) in [5.41, 5.74) is 5.06. The van der Waals surface area contributed by atoms with Crippen LogP contribution in [0.1, 0.15) is 61.3 Å². The van der Waals surface area contributed by atoms with Crippen LogP contribution < -0.4 is 21.9 Å². The van der Waals surface area contributed by atoms with Crippen molar-refractivity contribution in [2.45, 2.75) is 53.1 Å². The van der Waals surface area contributed by atoms with Crippen LogP contribution in [0.5, 0.6) is 0 Å². The summed E-state index contributed by atoms with van der Waals surface area (Å²) in [6.07, 6.45) is 1.45. The number of nitrogens with two attached hydrogens (primary N) is 1. The predicted molar refractivity (Wildman–Crippen MR) is 124 cm³/mol. The van der Waals surface area contributed by atoms with Crippen molar-refractivity contribution in [1.29, 1.82) is 0 Å². The minimum absolute atomic E-state index is 0.0712. The first kappa shape index (κ1) is 24.0. The molecule has 176 valence electrons. The highest BCUT2D eigenvalue weighted by Gasteiger charge is 2.42. The van der Waals surface area contributed by atoms with E-state index in [-0.39, 0.29) is 41.6 Å². The molecule has 0 fully saturated rings. The van der Waals surface area contributed by atoms with Crippen LogP contribution in [0.4, 0.5) is 11.5 Å². The lowest BCUT2D eigenvalue weighted by Crippen LogP contribution is -2.52. The van der Waals surface area contributed by atoms with E-state index in [1.165, 1.54) is 28.5 Å². The van der Waals surface area contributed by atoms with E-state index in [1.54, 1.807) is 12.1 Å². The van der Waals surface area contributed by atoms with Gasteiger partial charge >= 0.3 is 5.69 Å². The van der Waals surface area contributed by atoms with Gasteiger partial charge in [-0.25, -0.2) is 4.79 Å². The molecule has 3 N–H and O–H groups in total.